The van der Waals surface area contributed by atoms with Crippen LogP contribution in [-0.4, -0.2) is 5.16 Å². The molecule has 0 aliphatic rings. The summed E-state index contributed by atoms with van der Waals surface area (Å²) in [4.78, 5) is 0. The van der Waals surface area contributed by atoms with Gasteiger partial charge in [0.25, 0.3) is 0 Å². The van der Waals surface area contributed by atoms with E-state index in [0.717, 1.165) is 15.6 Å². The summed E-state index contributed by atoms with van der Waals surface area (Å²) in [5.41, 5.74) is 7.20. The maximum atomic E-state index is 6.09. The average Bonchev–Trinajstić information content (AvgIpc) is 2.49. The quantitative estimate of drug-likeness (QED) is 0.871. The van der Waals surface area contributed by atoms with Crippen LogP contribution in [0.25, 0.3) is 11.3 Å². The normalized spacial score (nSPS) is 10.6. The molecule has 0 fully saturated rings. The fraction of sp³-hybridized carbons (Fsp3) is 0.100. The summed E-state index contributed by atoms with van der Waals surface area (Å²) < 4.78 is 6.05. The van der Waals surface area contributed by atoms with Crippen LogP contribution >= 0.6 is 27.5 Å². The number of hydrogen-bond donors (Lipinski definition) is 1. The molecular weight excluding hydrogens is 279 g/mol. The van der Waals surface area contributed by atoms with Crippen molar-refractivity contribution >= 4 is 33.3 Å². The highest BCUT2D eigenvalue weighted by Crippen LogP contribution is 2.33. The molecule has 0 atom stereocenters. The molecule has 1 aromatic heterocycles. The minimum Gasteiger partial charge on any atom is -0.381 e. The zero-order valence-corrected chi connectivity index (χ0v) is 10.3. The number of nitrogen functional groups attached to an aromatic ring is 1. The number of benzene rings is 1. The van der Waals surface area contributed by atoms with Crippen LogP contribution in [0.5, 0.6) is 0 Å². The molecule has 0 aliphatic heterocycles. The molecule has 78 valence electrons. The first-order chi connectivity index (χ1) is 7.09. The van der Waals surface area contributed by atoms with Gasteiger partial charge in [-0.15, -0.1) is 0 Å². The lowest BCUT2D eigenvalue weighted by atomic mass is 10.1. The Balaban J connectivity index is 2.59. The second-order valence-corrected chi connectivity index (χ2v) is 4.47. The van der Waals surface area contributed by atoms with E-state index in [1.54, 1.807) is 6.07 Å². The van der Waals surface area contributed by atoms with Gasteiger partial charge >= 0.3 is 0 Å². The van der Waals surface area contributed by atoms with E-state index < -0.39 is 0 Å². The van der Waals surface area contributed by atoms with Crippen molar-refractivity contribution in [3.05, 3.63) is 33.3 Å². The average molecular weight is 288 g/mol. The summed E-state index contributed by atoms with van der Waals surface area (Å²) in [5.74, 6) is 1.01. The number of anilines is 1. The Labute approximate surface area is 100 Å². The SMILES string of the molecule is Cc1c(N)noc1-c1ccc(Br)cc1Cl. The monoisotopic (exact) mass is 286 g/mol. The van der Waals surface area contributed by atoms with Crippen LogP contribution in [0.15, 0.2) is 27.2 Å². The van der Waals surface area contributed by atoms with Crippen molar-refractivity contribution in [2.75, 3.05) is 5.73 Å². The van der Waals surface area contributed by atoms with E-state index in [2.05, 4.69) is 21.1 Å². The van der Waals surface area contributed by atoms with Crippen molar-refractivity contribution in [2.45, 2.75) is 6.92 Å². The van der Waals surface area contributed by atoms with Gasteiger partial charge in [0, 0.05) is 15.6 Å². The van der Waals surface area contributed by atoms with Crippen LogP contribution in [0, 0.1) is 6.92 Å². The van der Waals surface area contributed by atoms with Gasteiger partial charge in [-0.1, -0.05) is 32.7 Å². The molecule has 3 nitrogen and oxygen atoms in total. The van der Waals surface area contributed by atoms with E-state index in [1.807, 2.05) is 19.1 Å². The number of hydrogen-bond acceptors (Lipinski definition) is 3. The molecule has 5 heteroatoms. The number of aromatic nitrogens is 1. The van der Waals surface area contributed by atoms with Crippen molar-refractivity contribution in [1.82, 2.24) is 5.16 Å². The third-order valence-corrected chi connectivity index (χ3v) is 2.94. The molecule has 2 aromatic rings. The molecule has 2 rings (SSSR count). The third-order valence-electron chi connectivity index (χ3n) is 2.14. The van der Waals surface area contributed by atoms with E-state index in [9.17, 15) is 0 Å². The Kier molecular flexibility index (Phi) is 2.71. The highest BCUT2D eigenvalue weighted by atomic mass is 79.9. The van der Waals surface area contributed by atoms with Crippen molar-refractivity contribution in [1.29, 1.82) is 0 Å². The molecular formula is C10H8BrClN2O. The van der Waals surface area contributed by atoms with Crippen molar-refractivity contribution < 1.29 is 4.52 Å². The van der Waals surface area contributed by atoms with Crippen LogP contribution in [-0.2, 0) is 0 Å². The molecule has 0 unspecified atom stereocenters. The minimum atomic E-state index is 0.393. The van der Waals surface area contributed by atoms with E-state index >= 15 is 0 Å². The molecule has 15 heavy (non-hydrogen) atoms. The van der Waals surface area contributed by atoms with Crippen molar-refractivity contribution in [3.8, 4) is 11.3 Å². The lowest BCUT2D eigenvalue weighted by molar-refractivity contribution is 0.435. The second-order valence-electron chi connectivity index (χ2n) is 3.15. The topological polar surface area (TPSA) is 52.0 Å². The molecule has 0 saturated carbocycles. The first-order valence-corrected chi connectivity index (χ1v) is 5.44. The first kappa shape index (κ1) is 10.5. The number of halogens is 2. The zero-order valence-electron chi connectivity index (χ0n) is 7.92. The van der Waals surface area contributed by atoms with E-state index in [1.165, 1.54) is 0 Å². The van der Waals surface area contributed by atoms with Crippen LogP contribution in [0.4, 0.5) is 5.82 Å². The molecule has 0 radical (unpaired) electrons. The smallest absolute Gasteiger partial charge is 0.173 e. The summed E-state index contributed by atoms with van der Waals surface area (Å²) >= 11 is 9.42. The van der Waals surface area contributed by atoms with Crippen LogP contribution in [0.2, 0.25) is 5.02 Å². The maximum Gasteiger partial charge on any atom is 0.173 e. The van der Waals surface area contributed by atoms with Gasteiger partial charge in [-0.25, -0.2) is 0 Å². The Morgan fingerprint density at radius 1 is 1.47 bits per heavy atom. The van der Waals surface area contributed by atoms with Gasteiger partial charge in [0.15, 0.2) is 11.6 Å². The largest absolute Gasteiger partial charge is 0.381 e. The molecule has 2 N–H and O–H groups in total. The fourth-order valence-corrected chi connectivity index (χ4v) is 2.03. The summed E-state index contributed by atoms with van der Waals surface area (Å²) in [7, 11) is 0. The fourth-order valence-electron chi connectivity index (χ4n) is 1.27. The predicted octanol–water partition coefficient (Wildman–Crippen LogP) is 3.65. The van der Waals surface area contributed by atoms with Gasteiger partial charge in [-0.3, -0.25) is 0 Å². The Morgan fingerprint density at radius 2 is 2.20 bits per heavy atom. The molecule has 0 spiro atoms. The Bertz CT molecular complexity index is 510. The Morgan fingerprint density at radius 3 is 2.73 bits per heavy atom. The number of nitrogens with two attached hydrogens (primary N) is 1. The molecule has 0 saturated heterocycles. The van der Waals surface area contributed by atoms with E-state index in [4.69, 9.17) is 21.9 Å². The van der Waals surface area contributed by atoms with Crippen molar-refractivity contribution in [2.24, 2.45) is 0 Å². The van der Waals surface area contributed by atoms with E-state index in [-0.39, 0.29) is 0 Å². The molecule has 0 bridgehead atoms. The van der Waals surface area contributed by atoms with Gasteiger partial charge in [0.05, 0.1) is 5.02 Å². The summed E-state index contributed by atoms with van der Waals surface area (Å²) in [5, 5.41) is 4.29. The van der Waals surface area contributed by atoms with Gasteiger partial charge in [0.2, 0.25) is 0 Å². The van der Waals surface area contributed by atoms with Gasteiger partial charge in [-0.05, 0) is 25.1 Å². The molecule has 1 aromatic carbocycles. The number of rotatable bonds is 1. The molecule has 1 heterocycles. The lowest BCUT2D eigenvalue weighted by Crippen LogP contribution is -1.86. The summed E-state index contributed by atoms with van der Waals surface area (Å²) in [6.07, 6.45) is 0. The van der Waals surface area contributed by atoms with E-state index in [0.29, 0.717) is 16.6 Å². The van der Waals surface area contributed by atoms with Crippen LogP contribution in [0.1, 0.15) is 5.56 Å². The minimum absolute atomic E-state index is 0.393. The highest BCUT2D eigenvalue weighted by molar-refractivity contribution is 9.10. The first-order valence-electron chi connectivity index (χ1n) is 4.26. The highest BCUT2D eigenvalue weighted by Gasteiger charge is 2.14. The molecule has 0 amide bonds. The lowest BCUT2D eigenvalue weighted by Gasteiger charge is -2.01. The maximum absolute atomic E-state index is 6.09. The predicted molar refractivity (Wildman–Crippen MR) is 63.8 cm³/mol. The Hall–Kier alpha value is -1.000. The third kappa shape index (κ3) is 1.87. The van der Waals surface area contributed by atoms with Crippen LogP contribution in [0.3, 0.4) is 0 Å². The standard InChI is InChI=1S/C10H8BrClN2O/c1-5-9(15-14-10(5)13)7-3-2-6(11)4-8(7)12/h2-4H,1H3,(H2,13,14). The summed E-state index contributed by atoms with van der Waals surface area (Å²) in [6, 6.07) is 5.55. The molecule has 0 aliphatic carbocycles. The van der Waals surface area contributed by atoms with Gasteiger partial charge in [-0.2, -0.15) is 0 Å². The van der Waals surface area contributed by atoms with Crippen molar-refractivity contribution in [3.63, 3.8) is 0 Å². The zero-order chi connectivity index (χ0) is 11.0. The summed E-state index contributed by atoms with van der Waals surface area (Å²) in [6.45, 7) is 1.85. The number of nitrogens with zero attached hydrogens (tertiary/aromatic N) is 1. The van der Waals surface area contributed by atoms with Gasteiger partial charge in [0.1, 0.15) is 0 Å². The van der Waals surface area contributed by atoms with Crippen LogP contribution < -0.4 is 5.73 Å². The van der Waals surface area contributed by atoms with Gasteiger partial charge < -0.3 is 10.3 Å². The second kappa shape index (κ2) is 3.87.